The molecular formula is C53H43N. The largest absolute Gasteiger partial charge is 0.310 e. The molecule has 0 bridgehead atoms. The third-order valence-electron chi connectivity index (χ3n) is 12.7. The van der Waals surface area contributed by atoms with Gasteiger partial charge in [0.1, 0.15) is 0 Å². The minimum Gasteiger partial charge on any atom is -0.310 e. The molecular weight excluding hydrogens is 651 g/mol. The van der Waals surface area contributed by atoms with E-state index in [9.17, 15) is 0 Å². The molecule has 0 saturated carbocycles. The molecule has 0 aromatic heterocycles. The molecule has 1 heteroatoms. The standard InChI is InChI=1S/C53H43N/c1-4-52(5-2)47-26-16-15-25-43(47)44-30-28-42(35-49(44)52)54(51-27-17-12-18-36(51)3)41-29-31-48-46(34-41)45-32-37-19-13-14-20-38(37)33-50(45)53(48,39-21-8-6-9-22-39)40-23-10-7-11-24-40/h6-35H,4-5H2,1-3H3. The topological polar surface area (TPSA) is 3.24 Å². The molecule has 0 spiro atoms. The molecule has 0 amide bonds. The van der Waals surface area contributed by atoms with Crippen LogP contribution < -0.4 is 4.90 Å². The van der Waals surface area contributed by atoms with Crippen molar-refractivity contribution in [1.29, 1.82) is 0 Å². The van der Waals surface area contributed by atoms with E-state index in [2.05, 4.69) is 208 Å². The maximum Gasteiger partial charge on any atom is 0.0713 e. The average molecular weight is 694 g/mol. The highest BCUT2D eigenvalue weighted by Crippen LogP contribution is 2.59. The number of aryl methyl sites for hydroxylation is 1. The smallest absolute Gasteiger partial charge is 0.0713 e. The maximum absolute atomic E-state index is 2.50. The Hall–Kier alpha value is -6.18. The Balaban J connectivity index is 1.25. The molecule has 0 aliphatic heterocycles. The first-order valence-electron chi connectivity index (χ1n) is 19.5. The van der Waals surface area contributed by atoms with Crippen molar-refractivity contribution in [2.24, 2.45) is 0 Å². The molecule has 1 nitrogen and oxygen atoms in total. The lowest BCUT2D eigenvalue weighted by Gasteiger charge is -2.34. The second-order valence-corrected chi connectivity index (χ2v) is 15.1. The van der Waals surface area contributed by atoms with Crippen LogP contribution in [-0.4, -0.2) is 0 Å². The summed E-state index contributed by atoms with van der Waals surface area (Å²) < 4.78 is 0. The molecule has 0 unspecified atom stereocenters. The van der Waals surface area contributed by atoms with Crippen LogP contribution in [0.3, 0.4) is 0 Å². The number of para-hydroxylation sites is 1. The lowest BCUT2D eigenvalue weighted by atomic mass is 9.67. The summed E-state index contributed by atoms with van der Waals surface area (Å²) >= 11 is 0. The van der Waals surface area contributed by atoms with Gasteiger partial charge in [-0.15, -0.1) is 0 Å². The van der Waals surface area contributed by atoms with Gasteiger partial charge in [0.2, 0.25) is 0 Å². The molecule has 2 aliphatic carbocycles. The predicted octanol–water partition coefficient (Wildman–Crippen LogP) is 14.1. The number of rotatable bonds is 7. The summed E-state index contributed by atoms with van der Waals surface area (Å²) in [6.45, 7) is 6.95. The van der Waals surface area contributed by atoms with Gasteiger partial charge in [-0.1, -0.05) is 153 Å². The second kappa shape index (κ2) is 12.5. The summed E-state index contributed by atoms with van der Waals surface area (Å²) in [6, 6.07) is 68.3. The van der Waals surface area contributed by atoms with Gasteiger partial charge in [0.25, 0.3) is 0 Å². The Labute approximate surface area is 319 Å². The Morgan fingerprint density at radius 2 is 0.963 bits per heavy atom. The normalized spacial score (nSPS) is 14.3. The quantitative estimate of drug-likeness (QED) is 0.161. The van der Waals surface area contributed by atoms with Crippen molar-refractivity contribution < 1.29 is 0 Å². The van der Waals surface area contributed by atoms with Gasteiger partial charge in [0, 0.05) is 22.5 Å². The number of hydrogen-bond acceptors (Lipinski definition) is 1. The van der Waals surface area contributed by atoms with Crippen molar-refractivity contribution in [2.75, 3.05) is 4.90 Å². The van der Waals surface area contributed by atoms with E-state index in [4.69, 9.17) is 0 Å². The molecule has 8 aromatic carbocycles. The molecule has 0 heterocycles. The van der Waals surface area contributed by atoms with Gasteiger partial charge in [-0.2, -0.15) is 0 Å². The molecule has 2 aliphatic rings. The van der Waals surface area contributed by atoms with E-state index in [1.54, 1.807) is 0 Å². The minimum absolute atomic E-state index is 0.0117. The molecule has 0 atom stereocenters. The highest BCUT2D eigenvalue weighted by atomic mass is 15.1. The highest BCUT2D eigenvalue weighted by Gasteiger charge is 2.47. The zero-order valence-electron chi connectivity index (χ0n) is 31.2. The summed E-state index contributed by atoms with van der Waals surface area (Å²) in [5.74, 6) is 0. The first-order valence-corrected chi connectivity index (χ1v) is 19.5. The third kappa shape index (κ3) is 4.51. The Morgan fingerprint density at radius 3 is 1.67 bits per heavy atom. The monoisotopic (exact) mass is 693 g/mol. The van der Waals surface area contributed by atoms with E-state index in [-0.39, 0.29) is 5.41 Å². The lowest BCUT2D eigenvalue weighted by molar-refractivity contribution is 0.490. The Morgan fingerprint density at radius 1 is 0.407 bits per heavy atom. The van der Waals surface area contributed by atoms with E-state index in [1.807, 2.05) is 0 Å². The molecule has 54 heavy (non-hydrogen) atoms. The van der Waals surface area contributed by atoms with Gasteiger partial charge in [-0.3, -0.25) is 0 Å². The van der Waals surface area contributed by atoms with Gasteiger partial charge in [-0.25, -0.2) is 0 Å². The zero-order valence-corrected chi connectivity index (χ0v) is 31.2. The predicted molar refractivity (Wildman–Crippen MR) is 227 cm³/mol. The summed E-state index contributed by atoms with van der Waals surface area (Å²) in [5, 5.41) is 2.52. The van der Waals surface area contributed by atoms with Crippen molar-refractivity contribution in [3.63, 3.8) is 0 Å². The van der Waals surface area contributed by atoms with Crippen LogP contribution >= 0.6 is 0 Å². The fourth-order valence-corrected chi connectivity index (χ4v) is 10.1. The Bertz CT molecular complexity index is 2660. The molecule has 0 fully saturated rings. The van der Waals surface area contributed by atoms with Gasteiger partial charge in [0.05, 0.1) is 5.41 Å². The van der Waals surface area contributed by atoms with E-state index < -0.39 is 5.41 Å². The third-order valence-corrected chi connectivity index (χ3v) is 12.7. The molecule has 0 saturated heterocycles. The highest BCUT2D eigenvalue weighted by molar-refractivity contribution is 5.97. The molecule has 10 rings (SSSR count). The van der Waals surface area contributed by atoms with Crippen molar-refractivity contribution in [3.05, 3.63) is 221 Å². The fraction of sp³-hybridized carbons (Fsp3) is 0.132. The number of fused-ring (bicyclic) bond motifs is 7. The van der Waals surface area contributed by atoms with Gasteiger partial charge in [0.15, 0.2) is 0 Å². The van der Waals surface area contributed by atoms with Crippen LogP contribution in [0.4, 0.5) is 17.1 Å². The van der Waals surface area contributed by atoms with Gasteiger partial charge in [-0.05, 0) is 134 Å². The van der Waals surface area contributed by atoms with Crippen LogP contribution in [0.2, 0.25) is 0 Å². The van der Waals surface area contributed by atoms with Crippen LogP contribution in [0.1, 0.15) is 65.6 Å². The van der Waals surface area contributed by atoms with Crippen molar-refractivity contribution in [2.45, 2.75) is 44.4 Å². The summed E-state index contributed by atoms with van der Waals surface area (Å²) in [5.41, 5.74) is 17.8. The Kier molecular flexibility index (Phi) is 7.49. The first kappa shape index (κ1) is 32.5. The van der Waals surface area contributed by atoms with Crippen LogP contribution in [-0.2, 0) is 10.8 Å². The van der Waals surface area contributed by atoms with Gasteiger partial charge < -0.3 is 4.90 Å². The number of nitrogens with zero attached hydrogens (tertiary/aromatic N) is 1. The SMILES string of the molecule is CCC1(CC)c2ccccc2-c2ccc(N(c3ccc4c(c3)-c3cc5ccccc5cc3C4(c3ccccc3)c3ccccc3)c3ccccc3C)cc21. The minimum atomic E-state index is -0.468. The maximum atomic E-state index is 2.50. The molecule has 0 N–H and O–H groups in total. The van der Waals surface area contributed by atoms with Crippen LogP contribution in [0.5, 0.6) is 0 Å². The second-order valence-electron chi connectivity index (χ2n) is 15.1. The van der Waals surface area contributed by atoms with Crippen LogP contribution in [0, 0.1) is 6.92 Å². The number of anilines is 3. The molecule has 0 radical (unpaired) electrons. The number of benzene rings is 8. The lowest BCUT2D eigenvalue weighted by Crippen LogP contribution is -2.28. The molecule has 260 valence electrons. The fourth-order valence-electron chi connectivity index (χ4n) is 10.1. The summed E-state index contributed by atoms with van der Waals surface area (Å²) in [7, 11) is 0. The summed E-state index contributed by atoms with van der Waals surface area (Å²) in [4.78, 5) is 2.50. The van der Waals surface area contributed by atoms with Gasteiger partial charge >= 0.3 is 0 Å². The first-order chi connectivity index (χ1) is 26.6. The number of hydrogen-bond donors (Lipinski definition) is 0. The van der Waals surface area contributed by atoms with Crippen LogP contribution in [0.25, 0.3) is 33.0 Å². The van der Waals surface area contributed by atoms with Crippen LogP contribution in [0.15, 0.2) is 182 Å². The van der Waals surface area contributed by atoms with E-state index in [0.717, 1.165) is 18.5 Å². The van der Waals surface area contributed by atoms with E-state index in [0.29, 0.717) is 0 Å². The van der Waals surface area contributed by atoms with E-state index in [1.165, 1.54) is 83.3 Å². The molecule has 8 aromatic rings. The average Bonchev–Trinajstić information content (AvgIpc) is 3.68. The summed E-state index contributed by atoms with van der Waals surface area (Å²) in [6.07, 6.45) is 2.12. The van der Waals surface area contributed by atoms with Crippen molar-refractivity contribution in [3.8, 4) is 22.3 Å². The van der Waals surface area contributed by atoms with E-state index >= 15 is 0 Å². The zero-order chi connectivity index (χ0) is 36.4. The van der Waals surface area contributed by atoms with Crippen molar-refractivity contribution in [1.82, 2.24) is 0 Å². The van der Waals surface area contributed by atoms with Crippen molar-refractivity contribution >= 4 is 27.8 Å².